The maximum Gasteiger partial charge on any atom is 0.222 e. The van der Waals surface area contributed by atoms with Crippen LogP contribution >= 0.6 is 0 Å². The van der Waals surface area contributed by atoms with Crippen LogP contribution in [-0.4, -0.2) is 42.4 Å². The van der Waals surface area contributed by atoms with Gasteiger partial charge in [0.05, 0.1) is 0 Å². The molecule has 0 aromatic heterocycles. The Hall–Kier alpha value is -1.10. The van der Waals surface area contributed by atoms with Crippen molar-refractivity contribution < 1.29 is 9.59 Å². The van der Waals surface area contributed by atoms with E-state index >= 15 is 0 Å². The Morgan fingerprint density at radius 3 is 2.70 bits per heavy atom. The molecule has 1 atom stereocenters. The van der Waals surface area contributed by atoms with Crippen LogP contribution in [0.25, 0.3) is 0 Å². The number of nitrogens with one attached hydrogen (secondary N) is 1. The molecule has 0 aromatic carbocycles. The van der Waals surface area contributed by atoms with E-state index in [4.69, 9.17) is 5.73 Å². The lowest BCUT2D eigenvalue weighted by Gasteiger charge is -2.36. The molecule has 20 heavy (non-hydrogen) atoms. The molecule has 2 amide bonds. The molecule has 0 spiro atoms. The third-order valence-electron chi connectivity index (χ3n) is 3.79. The zero-order valence-corrected chi connectivity index (χ0v) is 12.9. The summed E-state index contributed by atoms with van der Waals surface area (Å²) in [6.45, 7) is 6.02. The average Bonchev–Trinajstić information content (AvgIpc) is 2.43. The topological polar surface area (TPSA) is 75.4 Å². The van der Waals surface area contributed by atoms with Gasteiger partial charge in [-0.3, -0.25) is 9.59 Å². The van der Waals surface area contributed by atoms with Crippen molar-refractivity contribution in [1.29, 1.82) is 0 Å². The molecule has 3 N–H and O–H groups in total. The molecule has 0 aliphatic carbocycles. The lowest BCUT2D eigenvalue weighted by molar-refractivity contribution is -0.135. The van der Waals surface area contributed by atoms with Gasteiger partial charge in [-0.05, 0) is 31.6 Å². The number of carbonyl (C=O) groups is 2. The fourth-order valence-electron chi connectivity index (χ4n) is 2.55. The summed E-state index contributed by atoms with van der Waals surface area (Å²) >= 11 is 0. The summed E-state index contributed by atoms with van der Waals surface area (Å²) in [6, 6.07) is 0.158. The molecular formula is C15H29N3O2. The van der Waals surface area contributed by atoms with Crippen molar-refractivity contribution in [2.45, 2.75) is 58.4 Å². The molecule has 0 radical (unpaired) electrons. The molecule has 1 unspecified atom stereocenters. The Labute approximate surface area is 122 Å². The van der Waals surface area contributed by atoms with Gasteiger partial charge in [-0.15, -0.1) is 0 Å². The number of nitrogens with two attached hydrogens (primary N) is 1. The maximum absolute atomic E-state index is 12.3. The van der Waals surface area contributed by atoms with E-state index < -0.39 is 0 Å². The molecule has 0 bridgehead atoms. The molecule has 1 saturated heterocycles. The average molecular weight is 283 g/mol. The Bertz CT molecular complexity index is 318. The van der Waals surface area contributed by atoms with Gasteiger partial charge in [-0.25, -0.2) is 0 Å². The monoisotopic (exact) mass is 283 g/mol. The van der Waals surface area contributed by atoms with E-state index in [0.29, 0.717) is 31.8 Å². The first-order valence-corrected chi connectivity index (χ1v) is 7.80. The second-order valence-electron chi connectivity index (χ2n) is 6.01. The molecule has 1 aliphatic rings. The third-order valence-corrected chi connectivity index (χ3v) is 3.79. The predicted molar refractivity (Wildman–Crippen MR) is 80.1 cm³/mol. The second-order valence-corrected chi connectivity index (χ2v) is 6.01. The summed E-state index contributed by atoms with van der Waals surface area (Å²) in [7, 11) is 0. The molecule has 116 valence electrons. The van der Waals surface area contributed by atoms with Crippen molar-refractivity contribution in [1.82, 2.24) is 10.2 Å². The quantitative estimate of drug-likeness (QED) is 0.739. The van der Waals surface area contributed by atoms with E-state index in [1.807, 2.05) is 4.90 Å². The smallest absolute Gasteiger partial charge is 0.222 e. The molecule has 1 aliphatic heterocycles. The largest absolute Gasteiger partial charge is 0.354 e. The summed E-state index contributed by atoms with van der Waals surface area (Å²) in [5.74, 6) is 0.760. The van der Waals surface area contributed by atoms with Crippen molar-refractivity contribution in [2.75, 3.05) is 19.6 Å². The zero-order valence-electron chi connectivity index (χ0n) is 12.9. The van der Waals surface area contributed by atoms with Crippen LogP contribution in [0.15, 0.2) is 0 Å². The number of hydrogen-bond acceptors (Lipinski definition) is 3. The molecule has 1 rings (SSSR count). The number of piperidine rings is 1. The van der Waals surface area contributed by atoms with Crippen LogP contribution in [0.5, 0.6) is 0 Å². The SMILES string of the molecule is CC(C)CCC(=O)N1CCCCC1CNC(=O)CCN. The highest BCUT2D eigenvalue weighted by atomic mass is 16.2. The number of carbonyl (C=O) groups excluding carboxylic acids is 2. The van der Waals surface area contributed by atoms with Gasteiger partial charge in [-0.2, -0.15) is 0 Å². The summed E-state index contributed by atoms with van der Waals surface area (Å²) in [6.07, 6.45) is 5.09. The van der Waals surface area contributed by atoms with E-state index in [-0.39, 0.29) is 17.9 Å². The molecule has 1 fully saturated rings. The summed E-state index contributed by atoms with van der Waals surface area (Å²) in [4.78, 5) is 25.7. The fraction of sp³-hybridized carbons (Fsp3) is 0.867. The van der Waals surface area contributed by atoms with Crippen LogP contribution in [0.1, 0.15) is 52.4 Å². The van der Waals surface area contributed by atoms with Gasteiger partial charge in [-0.1, -0.05) is 13.8 Å². The first-order valence-electron chi connectivity index (χ1n) is 7.80. The lowest BCUT2D eigenvalue weighted by Crippen LogP contribution is -2.49. The normalized spacial score (nSPS) is 19.2. The molecular weight excluding hydrogens is 254 g/mol. The van der Waals surface area contributed by atoms with E-state index in [2.05, 4.69) is 19.2 Å². The summed E-state index contributed by atoms with van der Waals surface area (Å²) < 4.78 is 0. The highest BCUT2D eigenvalue weighted by Gasteiger charge is 2.26. The number of hydrogen-bond donors (Lipinski definition) is 2. The standard InChI is InChI=1S/C15H29N3O2/c1-12(2)6-7-15(20)18-10-4-3-5-13(18)11-17-14(19)8-9-16/h12-13H,3-11,16H2,1-2H3,(H,17,19). The highest BCUT2D eigenvalue weighted by Crippen LogP contribution is 2.19. The number of nitrogens with zero attached hydrogens (tertiary/aromatic N) is 1. The Morgan fingerprint density at radius 2 is 2.05 bits per heavy atom. The Kier molecular flexibility index (Phi) is 7.59. The van der Waals surface area contributed by atoms with Crippen LogP contribution in [0.2, 0.25) is 0 Å². The van der Waals surface area contributed by atoms with Crippen molar-refractivity contribution in [3.8, 4) is 0 Å². The van der Waals surface area contributed by atoms with Crippen molar-refractivity contribution in [3.63, 3.8) is 0 Å². The van der Waals surface area contributed by atoms with Crippen LogP contribution < -0.4 is 11.1 Å². The Morgan fingerprint density at radius 1 is 1.30 bits per heavy atom. The van der Waals surface area contributed by atoms with Crippen LogP contribution in [-0.2, 0) is 9.59 Å². The van der Waals surface area contributed by atoms with Crippen LogP contribution in [0, 0.1) is 5.92 Å². The lowest BCUT2D eigenvalue weighted by atomic mass is 10.00. The third kappa shape index (κ3) is 5.90. The minimum absolute atomic E-state index is 0.0207. The first kappa shape index (κ1) is 17.0. The van der Waals surface area contributed by atoms with Gasteiger partial charge in [0.25, 0.3) is 0 Å². The minimum Gasteiger partial charge on any atom is -0.354 e. The first-order chi connectivity index (χ1) is 9.54. The van der Waals surface area contributed by atoms with Gasteiger partial charge < -0.3 is 16.0 Å². The molecule has 5 heteroatoms. The van der Waals surface area contributed by atoms with Gasteiger partial charge in [0, 0.05) is 38.5 Å². The summed E-state index contributed by atoms with van der Waals surface area (Å²) in [5, 5.41) is 2.89. The van der Waals surface area contributed by atoms with E-state index in [9.17, 15) is 9.59 Å². The van der Waals surface area contributed by atoms with Crippen molar-refractivity contribution in [2.24, 2.45) is 11.7 Å². The number of rotatable bonds is 7. The molecule has 0 saturated carbocycles. The van der Waals surface area contributed by atoms with Crippen LogP contribution in [0.4, 0.5) is 0 Å². The van der Waals surface area contributed by atoms with E-state index in [0.717, 1.165) is 32.2 Å². The van der Waals surface area contributed by atoms with Crippen molar-refractivity contribution in [3.05, 3.63) is 0 Å². The van der Waals surface area contributed by atoms with E-state index in [1.54, 1.807) is 0 Å². The van der Waals surface area contributed by atoms with Gasteiger partial charge in [0.1, 0.15) is 0 Å². The van der Waals surface area contributed by atoms with Crippen molar-refractivity contribution >= 4 is 11.8 Å². The van der Waals surface area contributed by atoms with Gasteiger partial charge in [0.2, 0.25) is 11.8 Å². The molecule has 1 heterocycles. The van der Waals surface area contributed by atoms with E-state index in [1.165, 1.54) is 0 Å². The highest BCUT2D eigenvalue weighted by molar-refractivity contribution is 5.77. The van der Waals surface area contributed by atoms with Gasteiger partial charge >= 0.3 is 0 Å². The zero-order chi connectivity index (χ0) is 15.0. The molecule has 5 nitrogen and oxygen atoms in total. The predicted octanol–water partition coefficient (Wildman–Crippen LogP) is 1.27. The van der Waals surface area contributed by atoms with Gasteiger partial charge in [0.15, 0.2) is 0 Å². The van der Waals surface area contributed by atoms with Crippen LogP contribution in [0.3, 0.4) is 0 Å². The maximum atomic E-state index is 12.3. The Balaban J connectivity index is 2.44. The summed E-state index contributed by atoms with van der Waals surface area (Å²) in [5.41, 5.74) is 5.36. The fourth-order valence-corrected chi connectivity index (χ4v) is 2.55. The minimum atomic E-state index is -0.0207. The molecule has 0 aromatic rings. The number of amides is 2. The number of likely N-dealkylation sites (tertiary alicyclic amines) is 1. The second kappa shape index (κ2) is 8.95.